The quantitative estimate of drug-likeness (QED) is 0.273. The van der Waals surface area contributed by atoms with Crippen molar-refractivity contribution in [3.8, 4) is 11.8 Å². The van der Waals surface area contributed by atoms with Crippen molar-refractivity contribution >= 4 is 12.0 Å². The Labute approximate surface area is 188 Å². The van der Waals surface area contributed by atoms with Gasteiger partial charge in [0.15, 0.2) is 5.75 Å². The molecule has 2 aromatic carbocycles. The van der Waals surface area contributed by atoms with Gasteiger partial charge in [0.25, 0.3) is 0 Å². The van der Waals surface area contributed by atoms with E-state index < -0.39 is 58.7 Å². The molecule has 0 aromatic heterocycles. The number of alkyl halides is 6. The lowest BCUT2D eigenvalue weighted by Gasteiger charge is -2.23. The number of nitrogens with zero attached hydrogens (tertiary/aromatic N) is 2. The fourth-order valence-corrected chi connectivity index (χ4v) is 3.84. The van der Waals surface area contributed by atoms with Gasteiger partial charge in [0, 0.05) is 23.6 Å². The minimum absolute atomic E-state index is 0.00322. The summed E-state index contributed by atoms with van der Waals surface area (Å²) in [5.74, 6) is -1.70. The minimum Gasteiger partial charge on any atom is -0.485 e. The maximum Gasteiger partial charge on any atom is 0.417 e. The standard InChI is InChI=1S/C21H15F6N3O4/c22-20(23,24)16-6-12(2-3-13(16)8-28)15-7-14(29-19(15)21(25,26)27)10-34-18-4-1-11(9-31)5-17(18)30(32)33/h1-6,9,14-15,19,29H,7,10H2/t14-,15?,19+/m0/s1. The number of nitro benzene ring substituents is 1. The average Bonchev–Trinajstić information content (AvgIpc) is 3.21. The molecule has 1 aliphatic rings. The molecule has 1 heterocycles. The molecule has 0 aliphatic carbocycles. The SMILES string of the molecule is N#Cc1ccc(C2C[C@@H](COc3ccc(C=O)cc3[N+](=O)[O-])N[C@H]2C(F)(F)F)cc1C(F)(F)F. The molecule has 0 radical (unpaired) electrons. The van der Waals surface area contributed by atoms with Gasteiger partial charge in [-0.2, -0.15) is 31.6 Å². The van der Waals surface area contributed by atoms with Crippen molar-refractivity contribution < 1.29 is 40.8 Å². The van der Waals surface area contributed by atoms with E-state index >= 15 is 0 Å². The summed E-state index contributed by atoms with van der Waals surface area (Å²) in [4.78, 5) is 21.2. The molecule has 0 bridgehead atoms. The smallest absolute Gasteiger partial charge is 0.417 e. The van der Waals surface area contributed by atoms with Crippen LogP contribution in [0.3, 0.4) is 0 Å². The molecule has 1 fully saturated rings. The monoisotopic (exact) mass is 487 g/mol. The first kappa shape index (κ1) is 25.0. The van der Waals surface area contributed by atoms with Crippen LogP contribution in [-0.2, 0) is 6.18 Å². The molecule has 1 saturated heterocycles. The Morgan fingerprint density at radius 1 is 1.18 bits per heavy atom. The van der Waals surface area contributed by atoms with E-state index in [0.717, 1.165) is 24.3 Å². The van der Waals surface area contributed by atoms with Gasteiger partial charge in [0.2, 0.25) is 0 Å². The molecule has 34 heavy (non-hydrogen) atoms. The zero-order valence-electron chi connectivity index (χ0n) is 17.0. The highest BCUT2D eigenvalue weighted by Gasteiger charge is 2.51. The molecule has 0 saturated carbocycles. The van der Waals surface area contributed by atoms with Crippen LogP contribution < -0.4 is 10.1 Å². The molecule has 1 aliphatic heterocycles. The predicted octanol–water partition coefficient (Wildman–Crippen LogP) is 4.75. The van der Waals surface area contributed by atoms with Crippen LogP contribution in [-0.4, -0.2) is 36.1 Å². The van der Waals surface area contributed by atoms with Crippen molar-refractivity contribution in [2.45, 2.75) is 36.8 Å². The fourth-order valence-electron chi connectivity index (χ4n) is 3.84. The number of benzene rings is 2. The Bertz CT molecular complexity index is 1140. The fraction of sp³-hybridized carbons (Fsp3) is 0.333. The van der Waals surface area contributed by atoms with Crippen molar-refractivity contribution in [2.24, 2.45) is 0 Å². The topological polar surface area (TPSA) is 105 Å². The molecule has 3 rings (SSSR count). The molecular formula is C21H15F6N3O4. The number of hydrogen-bond acceptors (Lipinski definition) is 6. The summed E-state index contributed by atoms with van der Waals surface area (Å²) in [6.07, 6.45) is -9.66. The van der Waals surface area contributed by atoms with Crippen LogP contribution >= 0.6 is 0 Å². The highest BCUT2D eigenvalue weighted by molar-refractivity contribution is 5.77. The lowest BCUT2D eigenvalue weighted by molar-refractivity contribution is -0.385. The summed E-state index contributed by atoms with van der Waals surface area (Å²) in [6, 6.07) is 3.88. The van der Waals surface area contributed by atoms with Gasteiger partial charge in [-0.15, -0.1) is 0 Å². The van der Waals surface area contributed by atoms with Crippen LogP contribution in [0.4, 0.5) is 32.0 Å². The molecule has 180 valence electrons. The molecule has 13 heteroatoms. The van der Waals surface area contributed by atoms with E-state index in [1.54, 1.807) is 0 Å². The van der Waals surface area contributed by atoms with Crippen LogP contribution in [0.15, 0.2) is 36.4 Å². The average molecular weight is 487 g/mol. The maximum absolute atomic E-state index is 13.7. The van der Waals surface area contributed by atoms with Gasteiger partial charge < -0.3 is 4.74 Å². The van der Waals surface area contributed by atoms with Gasteiger partial charge in [-0.3, -0.25) is 20.2 Å². The predicted molar refractivity (Wildman–Crippen MR) is 104 cm³/mol. The first-order valence-corrected chi connectivity index (χ1v) is 9.65. The Hall–Kier alpha value is -3.66. The van der Waals surface area contributed by atoms with Crippen LogP contribution in [0.5, 0.6) is 5.75 Å². The summed E-state index contributed by atoms with van der Waals surface area (Å²) in [5.41, 5.74) is -2.87. The number of carbonyl (C=O) groups excluding carboxylic acids is 1. The summed E-state index contributed by atoms with van der Waals surface area (Å²) in [5, 5.41) is 22.4. The number of nitriles is 1. The second-order valence-electron chi connectivity index (χ2n) is 7.55. The number of halogens is 6. The Balaban J connectivity index is 1.87. The van der Waals surface area contributed by atoms with E-state index in [0.29, 0.717) is 12.4 Å². The molecule has 7 nitrogen and oxygen atoms in total. The normalized spacial score (nSPS) is 20.6. The van der Waals surface area contributed by atoms with Crippen LogP contribution in [0.2, 0.25) is 0 Å². The van der Waals surface area contributed by atoms with Crippen LogP contribution in [0, 0.1) is 21.4 Å². The molecule has 1 N–H and O–H groups in total. The number of nitro groups is 1. The highest BCUT2D eigenvalue weighted by Crippen LogP contribution is 2.42. The molecule has 3 atom stereocenters. The van der Waals surface area contributed by atoms with Crippen molar-refractivity contribution in [3.63, 3.8) is 0 Å². The summed E-state index contributed by atoms with van der Waals surface area (Å²) < 4.78 is 86.2. The van der Waals surface area contributed by atoms with Crippen molar-refractivity contribution in [2.75, 3.05) is 6.61 Å². The van der Waals surface area contributed by atoms with E-state index in [2.05, 4.69) is 5.32 Å². The van der Waals surface area contributed by atoms with E-state index in [1.165, 1.54) is 12.1 Å². The maximum atomic E-state index is 13.7. The van der Waals surface area contributed by atoms with E-state index in [9.17, 15) is 41.3 Å². The zero-order valence-corrected chi connectivity index (χ0v) is 17.0. The van der Waals surface area contributed by atoms with Crippen molar-refractivity contribution in [1.82, 2.24) is 5.32 Å². The van der Waals surface area contributed by atoms with Gasteiger partial charge in [-0.05, 0) is 36.2 Å². The minimum atomic E-state index is -4.93. The number of aldehydes is 1. The Morgan fingerprint density at radius 2 is 1.88 bits per heavy atom. The second kappa shape index (κ2) is 9.30. The lowest BCUT2D eigenvalue weighted by atomic mass is 9.88. The Morgan fingerprint density at radius 3 is 2.44 bits per heavy atom. The number of ether oxygens (including phenoxy) is 1. The zero-order chi connectivity index (χ0) is 25.3. The van der Waals surface area contributed by atoms with Gasteiger partial charge in [-0.1, -0.05) is 6.07 Å². The Kier molecular flexibility index (Phi) is 6.83. The van der Waals surface area contributed by atoms with E-state index in [1.807, 2.05) is 0 Å². The number of carbonyl (C=O) groups is 1. The molecule has 2 aromatic rings. The number of rotatable bonds is 6. The van der Waals surface area contributed by atoms with Crippen molar-refractivity contribution in [3.05, 3.63) is 68.8 Å². The summed E-state index contributed by atoms with van der Waals surface area (Å²) in [7, 11) is 0. The van der Waals surface area contributed by atoms with E-state index in [-0.39, 0.29) is 23.3 Å². The van der Waals surface area contributed by atoms with Crippen LogP contribution in [0.25, 0.3) is 0 Å². The lowest BCUT2D eigenvalue weighted by Crippen LogP contribution is -2.44. The van der Waals surface area contributed by atoms with Crippen molar-refractivity contribution in [1.29, 1.82) is 5.26 Å². The number of nitrogens with one attached hydrogen (secondary N) is 1. The van der Waals surface area contributed by atoms with E-state index in [4.69, 9.17) is 10.00 Å². The van der Waals surface area contributed by atoms with Gasteiger partial charge in [-0.25, -0.2) is 0 Å². The van der Waals surface area contributed by atoms with Gasteiger partial charge >= 0.3 is 18.0 Å². The molecule has 1 unspecified atom stereocenters. The molecule has 0 amide bonds. The van der Waals surface area contributed by atoms with Gasteiger partial charge in [0.1, 0.15) is 18.9 Å². The third kappa shape index (κ3) is 5.28. The van der Waals surface area contributed by atoms with Crippen LogP contribution in [0.1, 0.15) is 39.4 Å². The highest BCUT2D eigenvalue weighted by atomic mass is 19.4. The molecule has 0 spiro atoms. The first-order chi connectivity index (χ1) is 15.8. The molecular weight excluding hydrogens is 472 g/mol. The largest absolute Gasteiger partial charge is 0.485 e. The second-order valence-corrected chi connectivity index (χ2v) is 7.55. The summed E-state index contributed by atoms with van der Waals surface area (Å²) in [6.45, 7) is -0.452. The third-order valence-electron chi connectivity index (χ3n) is 5.36. The third-order valence-corrected chi connectivity index (χ3v) is 5.36. The first-order valence-electron chi connectivity index (χ1n) is 9.65. The van der Waals surface area contributed by atoms with Gasteiger partial charge in [0.05, 0.1) is 22.1 Å². The number of hydrogen-bond donors (Lipinski definition) is 1. The summed E-state index contributed by atoms with van der Waals surface area (Å²) >= 11 is 0.